The van der Waals surface area contributed by atoms with E-state index >= 15 is 0 Å². The highest BCUT2D eigenvalue weighted by Crippen LogP contribution is 2.20. The van der Waals surface area contributed by atoms with Crippen molar-refractivity contribution in [3.63, 3.8) is 0 Å². The molecule has 106 valence electrons. The highest BCUT2D eigenvalue weighted by atomic mass is 16.5. The fourth-order valence-electron chi connectivity index (χ4n) is 2.60. The monoisotopic (exact) mass is 262 g/mol. The van der Waals surface area contributed by atoms with Crippen molar-refractivity contribution in [3.8, 4) is 0 Å². The standard InChI is InChI=1S/C16H26N2O/c1-17(12-13-19-2)14-15-6-8-16(9-7-15)18-10-4-3-5-11-18/h6-9H,3-5,10-14H2,1-2H3. The van der Waals surface area contributed by atoms with E-state index in [1.165, 1.54) is 43.6 Å². The summed E-state index contributed by atoms with van der Waals surface area (Å²) in [5.41, 5.74) is 2.75. The van der Waals surface area contributed by atoms with Gasteiger partial charge >= 0.3 is 0 Å². The second-order valence-corrected chi connectivity index (χ2v) is 5.44. The van der Waals surface area contributed by atoms with Gasteiger partial charge in [0.05, 0.1) is 6.61 Å². The minimum atomic E-state index is 0.794. The van der Waals surface area contributed by atoms with Gasteiger partial charge < -0.3 is 9.64 Å². The van der Waals surface area contributed by atoms with E-state index in [0.29, 0.717) is 0 Å². The zero-order valence-electron chi connectivity index (χ0n) is 12.3. The molecule has 1 fully saturated rings. The summed E-state index contributed by atoms with van der Waals surface area (Å²) in [4.78, 5) is 4.79. The van der Waals surface area contributed by atoms with Gasteiger partial charge in [0, 0.05) is 39.0 Å². The molecule has 1 aromatic carbocycles. The first kappa shape index (κ1) is 14.4. The fourth-order valence-corrected chi connectivity index (χ4v) is 2.60. The van der Waals surface area contributed by atoms with Crippen LogP contribution in [0.15, 0.2) is 24.3 Å². The number of benzene rings is 1. The maximum Gasteiger partial charge on any atom is 0.0589 e. The van der Waals surface area contributed by atoms with Crippen molar-refractivity contribution in [1.82, 2.24) is 4.90 Å². The van der Waals surface area contributed by atoms with Crippen molar-refractivity contribution in [2.75, 3.05) is 45.3 Å². The van der Waals surface area contributed by atoms with E-state index in [-0.39, 0.29) is 0 Å². The number of rotatable bonds is 6. The van der Waals surface area contributed by atoms with Gasteiger partial charge in [-0.15, -0.1) is 0 Å². The molecule has 1 aromatic rings. The van der Waals surface area contributed by atoms with Gasteiger partial charge in [-0.1, -0.05) is 12.1 Å². The lowest BCUT2D eigenvalue weighted by molar-refractivity contribution is 0.158. The summed E-state index contributed by atoms with van der Waals surface area (Å²) in [5.74, 6) is 0. The molecule has 0 amide bonds. The Morgan fingerprint density at radius 3 is 2.42 bits per heavy atom. The first-order valence-electron chi connectivity index (χ1n) is 7.31. The average molecular weight is 262 g/mol. The van der Waals surface area contributed by atoms with Crippen LogP contribution in [-0.4, -0.2) is 45.3 Å². The zero-order chi connectivity index (χ0) is 13.5. The predicted octanol–water partition coefficient (Wildman–Crippen LogP) is 2.76. The van der Waals surface area contributed by atoms with Crippen molar-refractivity contribution in [1.29, 1.82) is 0 Å². The molecule has 1 aliphatic heterocycles. The Morgan fingerprint density at radius 2 is 1.79 bits per heavy atom. The summed E-state index contributed by atoms with van der Waals surface area (Å²) in [5, 5.41) is 0. The van der Waals surface area contributed by atoms with Crippen LogP contribution < -0.4 is 4.90 Å². The lowest BCUT2D eigenvalue weighted by atomic mass is 10.1. The molecule has 3 nitrogen and oxygen atoms in total. The van der Waals surface area contributed by atoms with Crippen LogP contribution in [0.1, 0.15) is 24.8 Å². The smallest absolute Gasteiger partial charge is 0.0589 e. The summed E-state index contributed by atoms with van der Waals surface area (Å²) in [6.45, 7) is 5.19. The van der Waals surface area contributed by atoms with Crippen LogP contribution in [0.5, 0.6) is 0 Å². The third kappa shape index (κ3) is 4.51. The largest absolute Gasteiger partial charge is 0.383 e. The maximum absolute atomic E-state index is 5.10. The van der Waals surface area contributed by atoms with E-state index in [9.17, 15) is 0 Å². The molecule has 0 aromatic heterocycles. The fraction of sp³-hybridized carbons (Fsp3) is 0.625. The van der Waals surface area contributed by atoms with Gasteiger partial charge in [-0.05, 0) is 44.0 Å². The van der Waals surface area contributed by atoms with Gasteiger partial charge in [0.15, 0.2) is 0 Å². The summed E-state index contributed by atoms with van der Waals surface area (Å²) < 4.78 is 5.10. The Balaban J connectivity index is 1.86. The molecular weight excluding hydrogens is 236 g/mol. The number of hydrogen-bond acceptors (Lipinski definition) is 3. The molecule has 0 spiro atoms. The van der Waals surface area contributed by atoms with E-state index in [1.807, 2.05) is 0 Å². The highest BCUT2D eigenvalue weighted by Gasteiger charge is 2.10. The molecule has 0 atom stereocenters. The Morgan fingerprint density at radius 1 is 1.11 bits per heavy atom. The van der Waals surface area contributed by atoms with Crippen LogP contribution in [0.2, 0.25) is 0 Å². The molecule has 0 saturated carbocycles. The van der Waals surface area contributed by atoms with Gasteiger partial charge in [-0.2, -0.15) is 0 Å². The van der Waals surface area contributed by atoms with Gasteiger partial charge in [-0.3, -0.25) is 4.90 Å². The molecule has 1 heterocycles. The number of piperidine rings is 1. The summed E-state index contributed by atoms with van der Waals surface area (Å²) in [7, 11) is 3.89. The van der Waals surface area contributed by atoms with E-state index in [1.54, 1.807) is 7.11 Å². The topological polar surface area (TPSA) is 15.7 Å². The van der Waals surface area contributed by atoms with E-state index in [4.69, 9.17) is 4.74 Å². The Bertz CT molecular complexity index is 358. The van der Waals surface area contributed by atoms with Crippen molar-refractivity contribution < 1.29 is 4.74 Å². The molecule has 19 heavy (non-hydrogen) atoms. The lowest BCUT2D eigenvalue weighted by Gasteiger charge is -2.29. The van der Waals surface area contributed by atoms with Crippen LogP contribution in [-0.2, 0) is 11.3 Å². The van der Waals surface area contributed by atoms with Crippen LogP contribution in [0, 0.1) is 0 Å². The second kappa shape index (κ2) is 7.51. The molecule has 3 heteroatoms. The van der Waals surface area contributed by atoms with Crippen LogP contribution in [0.4, 0.5) is 5.69 Å². The lowest BCUT2D eigenvalue weighted by Crippen LogP contribution is -2.29. The third-order valence-electron chi connectivity index (χ3n) is 3.79. The van der Waals surface area contributed by atoms with Crippen LogP contribution in [0.25, 0.3) is 0 Å². The van der Waals surface area contributed by atoms with Crippen molar-refractivity contribution in [2.45, 2.75) is 25.8 Å². The van der Waals surface area contributed by atoms with Crippen molar-refractivity contribution >= 4 is 5.69 Å². The Hall–Kier alpha value is -1.06. The van der Waals surface area contributed by atoms with E-state index < -0.39 is 0 Å². The molecule has 0 radical (unpaired) electrons. The predicted molar refractivity (Wildman–Crippen MR) is 80.7 cm³/mol. The summed E-state index contributed by atoms with van der Waals surface area (Å²) >= 11 is 0. The third-order valence-corrected chi connectivity index (χ3v) is 3.79. The summed E-state index contributed by atoms with van der Waals surface area (Å²) in [6, 6.07) is 9.05. The number of ether oxygens (including phenoxy) is 1. The summed E-state index contributed by atoms with van der Waals surface area (Å²) in [6.07, 6.45) is 4.06. The second-order valence-electron chi connectivity index (χ2n) is 5.44. The first-order valence-corrected chi connectivity index (χ1v) is 7.31. The number of anilines is 1. The van der Waals surface area contributed by atoms with Gasteiger partial charge in [0.25, 0.3) is 0 Å². The molecule has 0 unspecified atom stereocenters. The van der Waals surface area contributed by atoms with E-state index in [2.05, 4.69) is 41.1 Å². The van der Waals surface area contributed by atoms with Crippen molar-refractivity contribution in [3.05, 3.63) is 29.8 Å². The molecule has 2 rings (SSSR count). The van der Waals surface area contributed by atoms with E-state index in [0.717, 1.165) is 19.7 Å². The van der Waals surface area contributed by atoms with Gasteiger partial charge in [0.1, 0.15) is 0 Å². The number of methoxy groups -OCH3 is 1. The van der Waals surface area contributed by atoms with Crippen LogP contribution in [0.3, 0.4) is 0 Å². The zero-order valence-corrected chi connectivity index (χ0v) is 12.3. The minimum Gasteiger partial charge on any atom is -0.383 e. The number of hydrogen-bond donors (Lipinski definition) is 0. The molecule has 1 saturated heterocycles. The molecular formula is C16H26N2O. The van der Waals surface area contributed by atoms with Crippen molar-refractivity contribution in [2.24, 2.45) is 0 Å². The first-order chi connectivity index (χ1) is 9.29. The SMILES string of the molecule is COCCN(C)Cc1ccc(N2CCCCC2)cc1. The normalized spacial score (nSPS) is 16.1. The van der Waals surface area contributed by atoms with Gasteiger partial charge in [-0.25, -0.2) is 0 Å². The quantitative estimate of drug-likeness (QED) is 0.784. The number of nitrogens with zero attached hydrogens (tertiary/aromatic N) is 2. The molecule has 0 bridgehead atoms. The molecule has 1 aliphatic rings. The number of likely N-dealkylation sites (N-methyl/N-ethyl adjacent to an activating group) is 1. The Labute approximate surface area is 117 Å². The Kier molecular flexibility index (Phi) is 5.67. The van der Waals surface area contributed by atoms with Gasteiger partial charge in [0.2, 0.25) is 0 Å². The molecule has 0 aliphatic carbocycles. The highest BCUT2D eigenvalue weighted by molar-refractivity contribution is 5.47. The minimum absolute atomic E-state index is 0.794. The molecule has 0 N–H and O–H groups in total. The average Bonchev–Trinajstić information content (AvgIpc) is 2.47. The maximum atomic E-state index is 5.10. The van der Waals surface area contributed by atoms with Crippen LogP contribution >= 0.6 is 0 Å².